The molecule has 3 unspecified atom stereocenters. The van der Waals surface area contributed by atoms with Crippen molar-refractivity contribution < 1.29 is 19.5 Å². The fourth-order valence-corrected chi connectivity index (χ4v) is 5.26. The van der Waals surface area contributed by atoms with Crippen LogP contribution in [-0.2, 0) is 16.0 Å². The number of rotatable bonds is 7. The summed E-state index contributed by atoms with van der Waals surface area (Å²) in [5.74, 6) is -0.808. The second kappa shape index (κ2) is 9.55. The zero-order valence-electron chi connectivity index (χ0n) is 18.4. The van der Waals surface area contributed by atoms with Crippen molar-refractivity contribution in [2.45, 2.75) is 57.4 Å². The average molecular weight is 435 g/mol. The van der Waals surface area contributed by atoms with E-state index in [1.165, 1.54) is 5.56 Å². The van der Waals surface area contributed by atoms with Crippen LogP contribution in [0.1, 0.15) is 66.4 Å². The maximum Gasteiger partial charge on any atom is 0.303 e. The van der Waals surface area contributed by atoms with Crippen LogP contribution in [0.2, 0.25) is 0 Å². The molecule has 6 nitrogen and oxygen atoms in total. The highest BCUT2D eigenvalue weighted by Crippen LogP contribution is 2.49. The normalized spacial score (nSPS) is 21.5. The number of hydrogen-bond acceptors (Lipinski definition) is 3. The standard InChI is InChI=1S/C26H30N2O4/c1-2-17-10-12-18(13-11-17)26(32)28-22-8-4-3-6-19(22)21(20-7-5-9-23(20)28)16-27-24(29)14-15-25(30)31/h3-4,6,8,10-13,20-21,23H,2,5,7,9,14-16H2,1H3,(H,27,29)(H,30,31). The Morgan fingerprint density at radius 3 is 2.50 bits per heavy atom. The van der Waals surface area contributed by atoms with E-state index in [1.54, 1.807) is 0 Å². The molecule has 3 atom stereocenters. The van der Waals surface area contributed by atoms with Gasteiger partial charge in [0.2, 0.25) is 5.91 Å². The molecule has 2 aromatic rings. The van der Waals surface area contributed by atoms with Crippen molar-refractivity contribution in [3.05, 3.63) is 65.2 Å². The first-order chi connectivity index (χ1) is 15.5. The van der Waals surface area contributed by atoms with E-state index in [9.17, 15) is 14.4 Å². The average Bonchev–Trinajstić information content (AvgIpc) is 3.29. The highest BCUT2D eigenvalue weighted by atomic mass is 16.4. The Morgan fingerprint density at radius 2 is 1.78 bits per heavy atom. The second-order valence-electron chi connectivity index (χ2n) is 8.75. The molecule has 32 heavy (non-hydrogen) atoms. The van der Waals surface area contributed by atoms with Gasteiger partial charge in [-0.15, -0.1) is 0 Å². The minimum atomic E-state index is -0.972. The van der Waals surface area contributed by atoms with Crippen molar-refractivity contribution in [3.63, 3.8) is 0 Å². The third-order valence-corrected chi connectivity index (χ3v) is 6.89. The predicted molar refractivity (Wildman–Crippen MR) is 123 cm³/mol. The Balaban J connectivity index is 1.60. The van der Waals surface area contributed by atoms with Gasteiger partial charge in [0.15, 0.2) is 0 Å². The molecule has 1 aliphatic carbocycles. The number of anilines is 1. The van der Waals surface area contributed by atoms with Crippen LogP contribution >= 0.6 is 0 Å². The first kappa shape index (κ1) is 22.1. The molecule has 2 aliphatic rings. The quantitative estimate of drug-likeness (QED) is 0.686. The van der Waals surface area contributed by atoms with E-state index in [4.69, 9.17) is 5.11 Å². The number of aliphatic carboxylic acids is 1. The van der Waals surface area contributed by atoms with Gasteiger partial charge in [-0.05, 0) is 54.5 Å². The Bertz CT molecular complexity index is 1000. The molecule has 6 heteroatoms. The molecule has 2 aromatic carbocycles. The molecule has 4 rings (SSSR count). The van der Waals surface area contributed by atoms with Gasteiger partial charge >= 0.3 is 5.97 Å². The van der Waals surface area contributed by atoms with Gasteiger partial charge < -0.3 is 15.3 Å². The van der Waals surface area contributed by atoms with E-state index in [1.807, 2.05) is 47.4 Å². The number of carboxylic acid groups (broad SMARTS) is 1. The van der Waals surface area contributed by atoms with Gasteiger partial charge in [-0.3, -0.25) is 14.4 Å². The molecule has 0 aromatic heterocycles. The van der Waals surface area contributed by atoms with Crippen LogP contribution < -0.4 is 10.2 Å². The fraction of sp³-hybridized carbons (Fsp3) is 0.423. The minimum absolute atomic E-state index is 0.0177. The summed E-state index contributed by atoms with van der Waals surface area (Å²) in [5, 5.41) is 11.8. The van der Waals surface area contributed by atoms with Gasteiger partial charge in [0, 0.05) is 36.2 Å². The third-order valence-electron chi connectivity index (χ3n) is 6.89. The van der Waals surface area contributed by atoms with Crippen LogP contribution in [0, 0.1) is 5.92 Å². The number of fused-ring (bicyclic) bond motifs is 2. The molecule has 1 saturated carbocycles. The molecule has 2 N–H and O–H groups in total. The van der Waals surface area contributed by atoms with Crippen molar-refractivity contribution in [2.75, 3.05) is 11.4 Å². The Morgan fingerprint density at radius 1 is 1.03 bits per heavy atom. The van der Waals surface area contributed by atoms with Crippen LogP contribution in [0.5, 0.6) is 0 Å². The molecular formula is C26H30N2O4. The number of carbonyl (C=O) groups excluding carboxylic acids is 2. The van der Waals surface area contributed by atoms with E-state index in [-0.39, 0.29) is 42.5 Å². The van der Waals surface area contributed by atoms with Crippen LogP contribution in [0.15, 0.2) is 48.5 Å². The van der Waals surface area contributed by atoms with Crippen molar-refractivity contribution in [2.24, 2.45) is 5.92 Å². The van der Waals surface area contributed by atoms with Crippen LogP contribution in [0.3, 0.4) is 0 Å². The molecule has 2 amide bonds. The first-order valence-corrected chi connectivity index (χ1v) is 11.5. The van der Waals surface area contributed by atoms with Gasteiger partial charge in [-0.1, -0.05) is 43.7 Å². The zero-order valence-corrected chi connectivity index (χ0v) is 18.4. The van der Waals surface area contributed by atoms with E-state index in [0.717, 1.165) is 36.9 Å². The topological polar surface area (TPSA) is 86.7 Å². The van der Waals surface area contributed by atoms with Gasteiger partial charge in [0.25, 0.3) is 5.91 Å². The lowest BCUT2D eigenvalue weighted by molar-refractivity contribution is -0.138. The number of benzene rings is 2. The fourth-order valence-electron chi connectivity index (χ4n) is 5.26. The number of nitrogens with zero attached hydrogens (tertiary/aromatic N) is 1. The highest BCUT2D eigenvalue weighted by molar-refractivity contribution is 6.07. The zero-order chi connectivity index (χ0) is 22.7. The lowest BCUT2D eigenvalue weighted by Crippen LogP contribution is -2.49. The summed E-state index contributed by atoms with van der Waals surface area (Å²) in [7, 11) is 0. The molecule has 0 spiro atoms. The molecule has 1 aliphatic heterocycles. The molecule has 1 heterocycles. The minimum Gasteiger partial charge on any atom is -0.481 e. The Kier molecular flexibility index (Phi) is 6.58. The summed E-state index contributed by atoms with van der Waals surface area (Å²) < 4.78 is 0. The Labute approximate surface area is 188 Å². The highest BCUT2D eigenvalue weighted by Gasteiger charge is 2.45. The molecule has 168 valence electrons. The lowest BCUT2D eigenvalue weighted by atomic mass is 9.77. The molecule has 0 saturated heterocycles. The van der Waals surface area contributed by atoms with Gasteiger partial charge in [-0.2, -0.15) is 0 Å². The maximum absolute atomic E-state index is 13.6. The van der Waals surface area contributed by atoms with Gasteiger partial charge in [0.1, 0.15) is 0 Å². The largest absolute Gasteiger partial charge is 0.481 e. The third kappa shape index (κ3) is 4.40. The number of carbonyl (C=O) groups is 3. The monoisotopic (exact) mass is 434 g/mol. The number of para-hydroxylation sites is 1. The van der Waals surface area contributed by atoms with Gasteiger partial charge in [-0.25, -0.2) is 0 Å². The van der Waals surface area contributed by atoms with Gasteiger partial charge in [0.05, 0.1) is 6.42 Å². The molecule has 1 fully saturated rings. The lowest BCUT2D eigenvalue weighted by Gasteiger charge is -2.44. The summed E-state index contributed by atoms with van der Waals surface area (Å²) in [5.41, 5.74) is 3.90. The van der Waals surface area contributed by atoms with Crippen LogP contribution in [0.25, 0.3) is 0 Å². The molecule has 0 bridgehead atoms. The maximum atomic E-state index is 13.6. The predicted octanol–water partition coefficient (Wildman–Crippen LogP) is 4.14. The molecule has 0 radical (unpaired) electrons. The number of carboxylic acids is 1. The SMILES string of the molecule is CCc1ccc(C(=O)N2c3ccccc3C(CNC(=O)CCC(=O)O)C3CCCC32)cc1. The number of hydrogen-bond donors (Lipinski definition) is 2. The van der Waals surface area contributed by atoms with E-state index < -0.39 is 5.97 Å². The summed E-state index contributed by atoms with van der Waals surface area (Å²) in [6.07, 6.45) is 3.75. The number of amides is 2. The smallest absolute Gasteiger partial charge is 0.303 e. The number of aryl methyl sites for hydroxylation is 1. The Hall–Kier alpha value is -3.15. The van der Waals surface area contributed by atoms with Crippen molar-refractivity contribution >= 4 is 23.5 Å². The summed E-state index contributed by atoms with van der Waals surface area (Å²) in [6, 6.07) is 16.0. The first-order valence-electron chi connectivity index (χ1n) is 11.5. The molecular weight excluding hydrogens is 404 g/mol. The summed E-state index contributed by atoms with van der Waals surface area (Å²) >= 11 is 0. The van der Waals surface area contributed by atoms with Crippen molar-refractivity contribution in [3.8, 4) is 0 Å². The van der Waals surface area contributed by atoms with Crippen LogP contribution in [0.4, 0.5) is 5.69 Å². The van der Waals surface area contributed by atoms with Crippen molar-refractivity contribution in [1.29, 1.82) is 0 Å². The summed E-state index contributed by atoms with van der Waals surface area (Å²) in [4.78, 5) is 38.5. The van der Waals surface area contributed by atoms with Crippen LogP contribution in [-0.4, -0.2) is 35.5 Å². The number of nitrogens with one attached hydrogen (secondary N) is 1. The van der Waals surface area contributed by atoms with Crippen molar-refractivity contribution in [1.82, 2.24) is 5.32 Å². The summed E-state index contributed by atoms with van der Waals surface area (Å²) in [6.45, 7) is 2.56. The van der Waals surface area contributed by atoms with E-state index in [0.29, 0.717) is 12.1 Å². The second-order valence-corrected chi connectivity index (χ2v) is 8.75. The van der Waals surface area contributed by atoms with E-state index >= 15 is 0 Å². The van der Waals surface area contributed by atoms with E-state index in [2.05, 4.69) is 18.3 Å².